The first kappa shape index (κ1) is 9.77. The van der Waals surface area contributed by atoms with E-state index < -0.39 is 0 Å². The smallest absolute Gasteiger partial charge is 0.302 e. The van der Waals surface area contributed by atoms with Crippen molar-refractivity contribution in [2.45, 2.75) is 19.8 Å². The summed E-state index contributed by atoms with van der Waals surface area (Å²) in [5, 5.41) is 0. The second-order valence-electron chi connectivity index (χ2n) is 2.18. The van der Waals surface area contributed by atoms with Crippen molar-refractivity contribution in [3.05, 3.63) is 12.8 Å². The highest BCUT2D eigenvalue weighted by molar-refractivity contribution is 5.93. The molecule has 0 unspecified atom stereocenters. The van der Waals surface area contributed by atoms with Crippen LogP contribution < -0.4 is 0 Å². The van der Waals surface area contributed by atoms with Gasteiger partial charge in [0.25, 0.3) is 0 Å². The van der Waals surface area contributed by atoms with Crippen molar-refractivity contribution in [2.24, 2.45) is 0 Å². The van der Waals surface area contributed by atoms with Crippen molar-refractivity contribution in [1.82, 2.24) is 4.90 Å². The number of rotatable bonds is 4. The van der Waals surface area contributed by atoms with Gasteiger partial charge in [-0.15, -0.1) is 6.42 Å². The van der Waals surface area contributed by atoms with Crippen LogP contribution in [-0.2, 0) is 4.79 Å². The van der Waals surface area contributed by atoms with Gasteiger partial charge in [-0.1, -0.05) is 19.9 Å². The predicted octanol–water partition coefficient (Wildman–Crippen LogP) is 1.39. The van der Waals surface area contributed by atoms with Gasteiger partial charge >= 0.3 is 5.91 Å². The van der Waals surface area contributed by atoms with E-state index in [2.05, 4.69) is 13.5 Å². The molecule has 0 spiro atoms. The summed E-state index contributed by atoms with van der Waals surface area (Å²) in [5.74, 6) is 1.73. The molecule has 0 radical (unpaired) electrons. The molecule has 0 aliphatic rings. The number of amides is 1. The summed E-state index contributed by atoms with van der Waals surface area (Å²) in [6.07, 6.45) is 8.40. The molecule has 0 N–H and O–H groups in total. The maximum atomic E-state index is 10.9. The van der Waals surface area contributed by atoms with Crippen LogP contribution >= 0.6 is 0 Å². The second kappa shape index (κ2) is 5.55. The van der Waals surface area contributed by atoms with E-state index in [-0.39, 0.29) is 5.91 Å². The molecule has 0 aliphatic heterocycles. The molecule has 0 aromatic rings. The molecule has 0 atom stereocenters. The van der Waals surface area contributed by atoms with Crippen molar-refractivity contribution < 1.29 is 4.79 Å². The highest BCUT2D eigenvalue weighted by Gasteiger charge is 2.04. The number of carbonyl (C=O) groups excluding carboxylic acids is 1. The zero-order chi connectivity index (χ0) is 8.69. The third-order valence-electron chi connectivity index (χ3n) is 1.36. The fraction of sp³-hybridized carbons (Fsp3) is 0.444. The summed E-state index contributed by atoms with van der Waals surface area (Å²) in [5.41, 5.74) is 0. The summed E-state index contributed by atoms with van der Waals surface area (Å²) in [7, 11) is 0. The zero-order valence-electron chi connectivity index (χ0n) is 6.84. The van der Waals surface area contributed by atoms with Crippen LogP contribution in [0.15, 0.2) is 12.8 Å². The number of nitrogens with zero attached hydrogens (tertiary/aromatic N) is 1. The normalized spacial score (nSPS) is 8.36. The number of terminal acetylenes is 1. The summed E-state index contributed by atoms with van der Waals surface area (Å²) < 4.78 is 0. The van der Waals surface area contributed by atoms with Crippen LogP contribution in [0.2, 0.25) is 0 Å². The Labute approximate surface area is 67.9 Å². The Hall–Kier alpha value is -1.23. The maximum Gasteiger partial charge on any atom is 0.302 e. The molecule has 0 heterocycles. The van der Waals surface area contributed by atoms with Gasteiger partial charge in [0, 0.05) is 12.7 Å². The monoisotopic (exact) mass is 151 g/mol. The molecule has 0 rings (SSSR count). The highest BCUT2D eigenvalue weighted by Crippen LogP contribution is 1.95. The third-order valence-corrected chi connectivity index (χ3v) is 1.36. The van der Waals surface area contributed by atoms with Gasteiger partial charge < -0.3 is 4.90 Å². The minimum atomic E-state index is -0.312. The summed E-state index contributed by atoms with van der Waals surface area (Å²) in [6.45, 7) is 6.22. The van der Waals surface area contributed by atoms with Crippen molar-refractivity contribution in [2.75, 3.05) is 6.54 Å². The van der Waals surface area contributed by atoms with Gasteiger partial charge in [0.05, 0.1) is 0 Å². The van der Waals surface area contributed by atoms with E-state index in [9.17, 15) is 4.79 Å². The summed E-state index contributed by atoms with van der Waals surface area (Å²) in [4.78, 5) is 12.3. The molecule has 0 aliphatic carbocycles. The van der Waals surface area contributed by atoms with Gasteiger partial charge in [-0.2, -0.15) is 0 Å². The first-order valence-electron chi connectivity index (χ1n) is 3.66. The Morgan fingerprint density at radius 3 is 2.82 bits per heavy atom. The van der Waals surface area contributed by atoms with Crippen LogP contribution in [0.4, 0.5) is 0 Å². The summed E-state index contributed by atoms with van der Waals surface area (Å²) in [6, 6.07) is 0. The van der Waals surface area contributed by atoms with Crippen LogP contribution in [0.5, 0.6) is 0 Å². The molecule has 0 aromatic heterocycles. The van der Waals surface area contributed by atoms with E-state index in [1.165, 1.54) is 11.1 Å². The Kier molecular flexibility index (Phi) is 4.93. The van der Waals surface area contributed by atoms with E-state index in [1.54, 1.807) is 0 Å². The van der Waals surface area contributed by atoms with Gasteiger partial charge in [0.1, 0.15) is 0 Å². The second-order valence-corrected chi connectivity index (χ2v) is 2.18. The molecule has 2 nitrogen and oxygen atoms in total. The van der Waals surface area contributed by atoms with Crippen LogP contribution in [0.25, 0.3) is 0 Å². The number of hydrogen-bond acceptors (Lipinski definition) is 1. The molecular formula is C9H13NO. The van der Waals surface area contributed by atoms with E-state index in [4.69, 9.17) is 6.42 Å². The fourth-order valence-electron chi connectivity index (χ4n) is 0.687. The van der Waals surface area contributed by atoms with E-state index >= 15 is 0 Å². The van der Waals surface area contributed by atoms with Crippen LogP contribution in [0, 0.1) is 12.3 Å². The van der Waals surface area contributed by atoms with Gasteiger partial charge in [0.2, 0.25) is 0 Å². The lowest BCUT2D eigenvalue weighted by Crippen LogP contribution is -2.24. The number of unbranched alkanes of at least 4 members (excludes halogenated alkanes) is 1. The summed E-state index contributed by atoms with van der Waals surface area (Å²) >= 11 is 0. The van der Waals surface area contributed by atoms with Gasteiger partial charge in [0.15, 0.2) is 0 Å². The lowest BCUT2D eigenvalue weighted by molar-refractivity contribution is -0.122. The molecule has 0 bridgehead atoms. The van der Waals surface area contributed by atoms with E-state index in [1.807, 2.05) is 5.92 Å². The van der Waals surface area contributed by atoms with Gasteiger partial charge in [-0.05, 0) is 12.3 Å². The molecule has 1 amide bonds. The highest BCUT2D eigenvalue weighted by atomic mass is 16.2. The molecule has 0 aromatic carbocycles. The van der Waals surface area contributed by atoms with Gasteiger partial charge in [-0.25, -0.2) is 0 Å². The average Bonchev–Trinajstić information content (AvgIpc) is 2.05. The Morgan fingerprint density at radius 1 is 1.82 bits per heavy atom. The van der Waals surface area contributed by atoms with Crippen molar-refractivity contribution in [1.29, 1.82) is 0 Å². The van der Waals surface area contributed by atoms with Crippen molar-refractivity contribution in [3.8, 4) is 12.3 Å². The minimum Gasteiger partial charge on any atom is -0.309 e. The topological polar surface area (TPSA) is 20.3 Å². The van der Waals surface area contributed by atoms with E-state index in [0.717, 1.165) is 12.8 Å². The average molecular weight is 151 g/mol. The van der Waals surface area contributed by atoms with Crippen molar-refractivity contribution >= 4 is 5.91 Å². The first-order chi connectivity index (χ1) is 5.26. The third kappa shape index (κ3) is 3.47. The minimum absolute atomic E-state index is 0.312. The lowest BCUT2D eigenvalue weighted by atomic mass is 10.3. The number of carbonyl (C=O) groups is 1. The predicted molar refractivity (Wildman–Crippen MR) is 45.7 cm³/mol. The van der Waals surface area contributed by atoms with Crippen LogP contribution in [-0.4, -0.2) is 17.4 Å². The lowest BCUT2D eigenvalue weighted by Gasteiger charge is -2.13. The Balaban J connectivity index is 3.87. The Morgan fingerprint density at radius 2 is 2.45 bits per heavy atom. The Bertz CT molecular complexity index is 178. The molecule has 2 heteroatoms. The van der Waals surface area contributed by atoms with Crippen LogP contribution in [0.3, 0.4) is 0 Å². The molecular weight excluding hydrogens is 138 g/mol. The molecule has 0 saturated heterocycles. The number of hydrogen-bond donors (Lipinski definition) is 0. The standard InChI is InChI=1S/C9H13NO/c1-4-7-8-10(6-3)9(11)5-2/h2,6H,3-4,7-8H2,1H3. The van der Waals surface area contributed by atoms with Crippen LogP contribution in [0.1, 0.15) is 19.8 Å². The van der Waals surface area contributed by atoms with Crippen molar-refractivity contribution in [3.63, 3.8) is 0 Å². The fourth-order valence-corrected chi connectivity index (χ4v) is 0.687. The SMILES string of the molecule is C#CC(=O)N(C=C)CCCC. The maximum absolute atomic E-state index is 10.9. The zero-order valence-corrected chi connectivity index (χ0v) is 6.84. The van der Waals surface area contributed by atoms with E-state index in [0.29, 0.717) is 6.54 Å². The molecule has 0 saturated carbocycles. The molecule has 11 heavy (non-hydrogen) atoms. The van der Waals surface area contributed by atoms with Gasteiger partial charge in [-0.3, -0.25) is 4.79 Å². The quantitative estimate of drug-likeness (QED) is 0.556. The largest absolute Gasteiger partial charge is 0.309 e. The molecule has 60 valence electrons. The molecule has 0 fully saturated rings. The first-order valence-corrected chi connectivity index (χ1v) is 3.66.